The van der Waals surface area contributed by atoms with Gasteiger partial charge in [-0.25, -0.2) is 4.79 Å². The zero-order valence-electron chi connectivity index (χ0n) is 8.21. The van der Waals surface area contributed by atoms with E-state index < -0.39 is 11.9 Å². The maximum atomic E-state index is 10.9. The summed E-state index contributed by atoms with van der Waals surface area (Å²) in [6, 6.07) is 0. The summed E-state index contributed by atoms with van der Waals surface area (Å²) >= 11 is 0. The van der Waals surface area contributed by atoms with Crippen LogP contribution in [-0.4, -0.2) is 11.9 Å². The number of carbonyl (C=O) groups excluding carboxylic acids is 2. The Balaban J connectivity index is 3.56. The predicted molar refractivity (Wildman–Crippen MR) is 50.1 cm³/mol. The molecule has 0 unspecified atom stereocenters. The second kappa shape index (κ2) is 7.53. The van der Waals surface area contributed by atoms with Crippen LogP contribution in [-0.2, 0) is 14.3 Å². The number of rotatable bonds is 5. The van der Waals surface area contributed by atoms with E-state index in [2.05, 4.69) is 11.7 Å². The molecule has 13 heavy (non-hydrogen) atoms. The summed E-state index contributed by atoms with van der Waals surface area (Å²) in [5.41, 5.74) is 0. The van der Waals surface area contributed by atoms with E-state index in [1.54, 1.807) is 13.0 Å². The Morgan fingerprint density at radius 2 is 2.00 bits per heavy atom. The largest absolute Gasteiger partial charge is 0.390 e. The van der Waals surface area contributed by atoms with E-state index >= 15 is 0 Å². The molecule has 0 saturated heterocycles. The van der Waals surface area contributed by atoms with Crippen LogP contribution in [0.4, 0.5) is 0 Å². The van der Waals surface area contributed by atoms with Crippen molar-refractivity contribution in [1.82, 2.24) is 0 Å². The van der Waals surface area contributed by atoms with E-state index in [1.807, 2.05) is 0 Å². The molecule has 0 aliphatic rings. The second-order valence-corrected chi connectivity index (χ2v) is 2.75. The van der Waals surface area contributed by atoms with E-state index in [1.165, 1.54) is 6.08 Å². The summed E-state index contributed by atoms with van der Waals surface area (Å²) in [5, 5.41) is 0. The molecule has 0 radical (unpaired) electrons. The van der Waals surface area contributed by atoms with E-state index in [0.717, 1.165) is 19.3 Å². The molecule has 0 N–H and O–H groups in total. The van der Waals surface area contributed by atoms with E-state index in [4.69, 9.17) is 0 Å². The Morgan fingerprint density at radius 3 is 2.54 bits per heavy atom. The smallest absolute Gasteiger partial charge is 0.338 e. The van der Waals surface area contributed by atoms with E-state index in [9.17, 15) is 9.59 Å². The molecular weight excluding hydrogens is 168 g/mol. The normalized spacial score (nSPS) is 10.3. The van der Waals surface area contributed by atoms with Crippen molar-refractivity contribution in [3.05, 3.63) is 12.2 Å². The fourth-order valence-electron chi connectivity index (χ4n) is 0.853. The molecule has 0 aromatic carbocycles. The second-order valence-electron chi connectivity index (χ2n) is 2.75. The van der Waals surface area contributed by atoms with Gasteiger partial charge in [0.25, 0.3) is 0 Å². The number of ether oxygens (including phenoxy) is 1. The van der Waals surface area contributed by atoms with Gasteiger partial charge in [0.2, 0.25) is 0 Å². The first kappa shape index (κ1) is 11.9. The van der Waals surface area contributed by atoms with E-state index in [-0.39, 0.29) is 0 Å². The van der Waals surface area contributed by atoms with Crippen LogP contribution in [0, 0.1) is 0 Å². The topological polar surface area (TPSA) is 43.4 Å². The Kier molecular flexibility index (Phi) is 6.88. The number of hydrogen-bond donors (Lipinski definition) is 0. The molecule has 0 spiro atoms. The van der Waals surface area contributed by atoms with Crippen molar-refractivity contribution >= 4 is 11.9 Å². The van der Waals surface area contributed by atoms with Crippen molar-refractivity contribution in [2.45, 2.75) is 39.5 Å². The van der Waals surface area contributed by atoms with Gasteiger partial charge in [-0.3, -0.25) is 4.79 Å². The van der Waals surface area contributed by atoms with Crippen LogP contribution in [0.25, 0.3) is 0 Å². The molecule has 3 heteroatoms. The third-order valence-corrected chi connectivity index (χ3v) is 1.50. The van der Waals surface area contributed by atoms with Crippen LogP contribution in [0.5, 0.6) is 0 Å². The molecule has 0 atom stereocenters. The maximum Gasteiger partial charge on any atom is 0.338 e. The van der Waals surface area contributed by atoms with Crippen LogP contribution in [0.2, 0.25) is 0 Å². The summed E-state index contributed by atoms with van der Waals surface area (Å²) in [4.78, 5) is 21.7. The van der Waals surface area contributed by atoms with Gasteiger partial charge in [-0.05, 0) is 13.3 Å². The molecule has 0 aliphatic carbocycles. The summed E-state index contributed by atoms with van der Waals surface area (Å²) in [5.74, 6) is -1.01. The van der Waals surface area contributed by atoms with E-state index in [0.29, 0.717) is 6.42 Å². The fraction of sp³-hybridized carbons (Fsp3) is 0.600. The van der Waals surface area contributed by atoms with Gasteiger partial charge in [-0.1, -0.05) is 25.8 Å². The standard InChI is InChI=1S/C10H16O3/c1-3-5-6-8-10(12)13-9(11)7-4-2/h4,7H,3,5-6,8H2,1-2H3/b7-4+. The average molecular weight is 184 g/mol. The molecule has 0 aliphatic heterocycles. The first-order chi connectivity index (χ1) is 6.20. The molecule has 0 saturated carbocycles. The van der Waals surface area contributed by atoms with Crippen molar-refractivity contribution in [2.24, 2.45) is 0 Å². The molecule has 0 rings (SSSR count). The first-order valence-corrected chi connectivity index (χ1v) is 4.58. The lowest BCUT2D eigenvalue weighted by atomic mass is 10.2. The number of unbranched alkanes of at least 4 members (excludes halogenated alkanes) is 2. The lowest BCUT2D eigenvalue weighted by Gasteiger charge is -1.98. The molecule has 0 bridgehead atoms. The molecule has 0 heterocycles. The van der Waals surface area contributed by atoms with Gasteiger partial charge in [0, 0.05) is 12.5 Å². The summed E-state index contributed by atoms with van der Waals surface area (Å²) < 4.78 is 4.47. The zero-order valence-corrected chi connectivity index (χ0v) is 8.21. The number of esters is 2. The maximum absolute atomic E-state index is 10.9. The van der Waals surface area contributed by atoms with Gasteiger partial charge >= 0.3 is 11.9 Å². The Bertz CT molecular complexity index is 194. The first-order valence-electron chi connectivity index (χ1n) is 4.58. The van der Waals surface area contributed by atoms with Crippen molar-refractivity contribution in [2.75, 3.05) is 0 Å². The van der Waals surface area contributed by atoms with Crippen LogP contribution in [0.3, 0.4) is 0 Å². The van der Waals surface area contributed by atoms with Gasteiger partial charge in [0.05, 0.1) is 0 Å². The minimum atomic E-state index is -0.580. The highest BCUT2D eigenvalue weighted by Gasteiger charge is 2.05. The quantitative estimate of drug-likeness (QED) is 0.285. The molecule has 0 aromatic rings. The number of carbonyl (C=O) groups is 2. The molecule has 3 nitrogen and oxygen atoms in total. The molecule has 0 aromatic heterocycles. The molecular formula is C10H16O3. The third kappa shape index (κ3) is 7.25. The summed E-state index contributed by atoms with van der Waals surface area (Å²) in [7, 11) is 0. The van der Waals surface area contributed by atoms with Crippen molar-refractivity contribution < 1.29 is 14.3 Å². The van der Waals surface area contributed by atoms with Gasteiger partial charge in [-0.2, -0.15) is 0 Å². The Morgan fingerprint density at radius 1 is 1.31 bits per heavy atom. The Labute approximate surface area is 78.8 Å². The van der Waals surface area contributed by atoms with Gasteiger partial charge in [0.1, 0.15) is 0 Å². The van der Waals surface area contributed by atoms with Gasteiger partial charge in [-0.15, -0.1) is 0 Å². The molecule has 0 amide bonds. The third-order valence-electron chi connectivity index (χ3n) is 1.50. The monoisotopic (exact) mass is 184 g/mol. The lowest BCUT2D eigenvalue weighted by molar-refractivity contribution is -0.156. The SMILES string of the molecule is C/C=C/C(=O)OC(=O)CCCCC. The van der Waals surface area contributed by atoms with Crippen molar-refractivity contribution in [3.63, 3.8) is 0 Å². The highest BCUT2D eigenvalue weighted by atomic mass is 16.6. The predicted octanol–water partition coefficient (Wildman–Crippen LogP) is 2.21. The van der Waals surface area contributed by atoms with Gasteiger partial charge in [0.15, 0.2) is 0 Å². The molecule has 74 valence electrons. The van der Waals surface area contributed by atoms with Crippen LogP contribution >= 0.6 is 0 Å². The van der Waals surface area contributed by atoms with Crippen LogP contribution in [0.1, 0.15) is 39.5 Å². The summed E-state index contributed by atoms with van der Waals surface area (Å²) in [6.07, 6.45) is 5.94. The van der Waals surface area contributed by atoms with Crippen LogP contribution in [0.15, 0.2) is 12.2 Å². The zero-order chi connectivity index (χ0) is 10.1. The highest BCUT2D eigenvalue weighted by Crippen LogP contribution is 2.00. The summed E-state index contributed by atoms with van der Waals surface area (Å²) in [6.45, 7) is 3.75. The average Bonchev–Trinajstić information content (AvgIpc) is 2.05. The number of allylic oxidation sites excluding steroid dienone is 1. The number of hydrogen-bond acceptors (Lipinski definition) is 3. The molecule has 0 fully saturated rings. The van der Waals surface area contributed by atoms with Gasteiger partial charge < -0.3 is 4.74 Å². The fourth-order valence-corrected chi connectivity index (χ4v) is 0.853. The highest BCUT2D eigenvalue weighted by molar-refractivity contribution is 5.91. The van der Waals surface area contributed by atoms with Crippen molar-refractivity contribution in [3.8, 4) is 0 Å². The minimum absolute atomic E-state index is 0.330. The lowest BCUT2D eigenvalue weighted by Crippen LogP contribution is -2.09. The minimum Gasteiger partial charge on any atom is -0.390 e. The van der Waals surface area contributed by atoms with Crippen LogP contribution < -0.4 is 0 Å². The Hall–Kier alpha value is -1.12. The van der Waals surface area contributed by atoms with Crippen molar-refractivity contribution in [1.29, 1.82) is 0 Å².